The number of carbonyl (C=O) groups excluding carboxylic acids is 1. The van der Waals surface area contributed by atoms with Crippen molar-refractivity contribution in [2.75, 3.05) is 5.32 Å². The number of aromatic nitrogens is 1. The van der Waals surface area contributed by atoms with E-state index in [9.17, 15) is 13.6 Å². The standard InChI is InChI=1S/C15H8BrClF2N2O2S/c16-7-4-5-10(20-6-7)21-14(22)13-12(17)11-8(23-15(18)19)2-1-3-9(11)24-13/h1-6,15H,(H,20,21,22). The monoisotopic (exact) mass is 432 g/mol. The molecule has 2 aromatic heterocycles. The number of nitrogens with one attached hydrogen (secondary N) is 1. The molecule has 0 aliphatic rings. The van der Waals surface area contributed by atoms with Crippen LogP contribution in [0.3, 0.4) is 0 Å². The lowest BCUT2D eigenvalue weighted by Crippen LogP contribution is -2.11. The summed E-state index contributed by atoms with van der Waals surface area (Å²) >= 11 is 10.6. The van der Waals surface area contributed by atoms with Crippen molar-refractivity contribution in [3.8, 4) is 5.75 Å². The first-order chi connectivity index (χ1) is 11.5. The lowest BCUT2D eigenvalue weighted by atomic mass is 10.2. The minimum Gasteiger partial charge on any atom is -0.434 e. The number of fused-ring (bicyclic) bond motifs is 1. The van der Waals surface area contributed by atoms with E-state index in [-0.39, 0.29) is 15.6 Å². The Bertz CT molecular complexity index is 902. The van der Waals surface area contributed by atoms with Gasteiger partial charge in [0.1, 0.15) is 16.4 Å². The van der Waals surface area contributed by atoms with Gasteiger partial charge in [-0.1, -0.05) is 17.7 Å². The summed E-state index contributed by atoms with van der Waals surface area (Å²) in [4.78, 5) is 16.6. The Morgan fingerprint density at radius 3 is 2.79 bits per heavy atom. The summed E-state index contributed by atoms with van der Waals surface area (Å²) in [5.41, 5.74) is 0. The summed E-state index contributed by atoms with van der Waals surface area (Å²) in [5, 5.41) is 2.97. The van der Waals surface area contributed by atoms with Crippen LogP contribution in [0.15, 0.2) is 41.0 Å². The molecule has 0 fully saturated rings. The zero-order valence-corrected chi connectivity index (χ0v) is 14.9. The zero-order chi connectivity index (χ0) is 17.3. The quantitative estimate of drug-likeness (QED) is 0.585. The number of ether oxygens (including phenoxy) is 1. The summed E-state index contributed by atoms with van der Waals surface area (Å²) in [6, 6.07) is 7.97. The zero-order valence-electron chi connectivity index (χ0n) is 11.7. The van der Waals surface area contributed by atoms with Gasteiger partial charge in [-0.05, 0) is 40.2 Å². The molecule has 0 aliphatic heterocycles. The van der Waals surface area contributed by atoms with Crippen LogP contribution >= 0.6 is 38.9 Å². The normalized spacial score (nSPS) is 11.0. The van der Waals surface area contributed by atoms with Crippen molar-refractivity contribution in [3.63, 3.8) is 0 Å². The van der Waals surface area contributed by atoms with Gasteiger partial charge in [0.05, 0.1) is 10.4 Å². The van der Waals surface area contributed by atoms with E-state index >= 15 is 0 Å². The molecule has 124 valence electrons. The Labute approximate surface area is 152 Å². The Balaban J connectivity index is 1.96. The van der Waals surface area contributed by atoms with Crippen LogP contribution < -0.4 is 10.1 Å². The molecule has 0 unspecified atom stereocenters. The molecule has 24 heavy (non-hydrogen) atoms. The number of benzene rings is 1. The second-order valence-corrected chi connectivity index (χ2v) is 6.91. The van der Waals surface area contributed by atoms with Gasteiger partial charge in [-0.3, -0.25) is 4.79 Å². The third kappa shape index (κ3) is 3.50. The molecule has 3 aromatic rings. The number of carbonyl (C=O) groups is 1. The van der Waals surface area contributed by atoms with Gasteiger partial charge in [-0.15, -0.1) is 11.3 Å². The predicted molar refractivity (Wildman–Crippen MR) is 93.4 cm³/mol. The average Bonchev–Trinajstić information content (AvgIpc) is 2.87. The van der Waals surface area contributed by atoms with Gasteiger partial charge < -0.3 is 10.1 Å². The predicted octanol–water partition coefficient (Wildman–Crippen LogP) is 5.57. The van der Waals surface area contributed by atoms with Gasteiger partial charge in [0.2, 0.25) is 0 Å². The molecule has 0 atom stereocenters. The average molecular weight is 434 g/mol. The van der Waals surface area contributed by atoms with E-state index in [1.165, 1.54) is 12.3 Å². The molecule has 0 radical (unpaired) electrons. The van der Waals surface area contributed by atoms with Crippen molar-refractivity contribution in [1.82, 2.24) is 4.98 Å². The van der Waals surface area contributed by atoms with Gasteiger partial charge in [-0.25, -0.2) is 4.98 Å². The highest BCUT2D eigenvalue weighted by atomic mass is 79.9. The van der Waals surface area contributed by atoms with E-state index in [0.29, 0.717) is 15.9 Å². The van der Waals surface area contributed by atoms with Crippen molar-refractivity contribution in [2.45, 2.75) is 6.61 Å². The number of alkyl halides is 2. The second-order valence-electron chi connectivity index (χ2n) is 4.57. The topological polar surface area (TPSA) is 51.2 Å². The smallest absolute Gasteiger partial charge is 0.387 e. The number of hydrogen-bond donors (Lipinski definition) is 1. The highest BCUT2D eigenvalue weighted by Gasteiger charge is 2.21. The fourth-order valence-electron chi connectivity index (χ4n) is 2.04. The van der Waals surface area contributed by atoms with Crippen LogP contribution in [-0.4, -0.2) is 17.5 Å². The van der Waals surface area contributed by atoms with E-state index in [0.717, 1.165) is 15.8 Å². The van der Waals surface area contributed by atoms with Gasteiger partial charge in [0.15, 0.2) is 0 Å². The molecular weight excluding hydrogens is 426 g/mol. The SMILES string of the molecule is O=C(Nc1ccc(Br)cn1)c1sc2cccc(OC(F)F)c2c1Cl. The van der Waals surface area contributed by atoms with E-state index in [1.807, 2.05) is 0 Å². The van der Waals surface area contributed by atoms with Crippen LogP contribution in [0.2, 0.25) is 5.02 Å². The lowest BCUT2D eigenvalue weighted by molar-refractivity contribution is -0.0487. The third-order valence-electron chi connectivity index (χ3n) is 3.01. The Morgan fingerprint density at radius 1 is 1.33 bits per heavy atom. The Hall–Kier alpha value is -1.77. The molecule has 0 bridgehead atoms. The van der Waals surface area contributed by atoms with Crippen molar-refractivity contribution < 1.29 is 18.3 Å². The molecule has 3 rings (SSSR count). The van der Waals surface area contributed by atoms with E-state index in [4.69, 9.17) is 11.6 Å². The molecule has 1 aromatic carbocycles. The summed E-state index contributed by atoms with van der Waals surface area (Å²) in [5.74, 6) is -0.190. The summed E-state index contributed by atoms with van der Waals surface area (Å²) < 4.78 is 30.8. The maximum Gasteiger partial charge on any atom is 0.387 e. The van der Waals surface area contributed by atoms with E-state index < -0.39 is 12.5 Å². The number of amides is 1. The fraction of sp³-hybridized carbons (Fsp3) is 0.0667. The molecule has 9 heteroatoms. The van der Waals surface area contributed by atoms with Crippen molar-refractivity contribution >= 4 is 60.7 Å². The maximum absolute atomic E-state index is 12.5. The molecule has 0 saturated heterocycles. The first kappa shape index (κ1) is 17.1. The van der Waals surface area contributed by atoms with Crippen LogP contribution in [-0.2, 0) is 0 Å². The minimum atomic E-state index is -2.98. The number of halogens is 4. The molecule has 0 aliphatic carbocycles. The first-order valence-corrected chi connectivity index (χ1v) is 8.53. The number of thiophene rings is 1. The Morgan fingerprint density at radius 2 is 2.12 bits per heavy atom. The van der Waals surface area contributed by atoms with E-state index in [2.05, 4.69) is 31.0 Å². The van der Waals surface area contributed by atoms with Crippen LogP contribution in [0.4, 0.5) is 14.6 Å². The highest BCUT2D eigenvalue weighted by Crippen LogP contribution is 2.41. The molecule has 1 amide bonds. The molecule has 1 N–H and O–H groups in total. The van der Waals surface area contributed by atoms with Crippen molar-refractivity contribution in [1.29, 1.82) is 0 Å². The molecule has 0 spiro atoms. The molecule has 4 nitrogen and oxygen atoms in total. The van der Waals surface area contributed by atoms with Crippen LogP contribution in [0.5, 0.6) is 5.75 Å². The number of anilines is 1. The fourth-order valence-corrected chi connectivity index (χ4v) is 3.74. The third-order valence-corrected chi connectivity index (χ3v) is 5.12. The minimum absolute atomic E-state index is 0.0652. The molecule has 0 saturated carbocycles. The van der Waals surface area contributed by atoms with Crippen LogP contribution in [0.25, 0.3) is 10.1 Å². The largest absolute Gasteiger partial charge is 0.434 e. The summed E-state index contributed by atoms with van der Waals surface area (Å²) in [7, 11) is 0. The Kier molecular flexibility index (Phi) is 4.98. The van der Waals surface area contributed by atoms with Crippen LogP contribution in [0, 0.1) is 0 Å². The number of nitrogens with zero attached hydrogens (tertiary/aromatic N) is 1. The molecule has 2 heterocycles. The number of hydrogen-bond acceptors (Lipinski definition) is 4. The number of rotatable bonds is 4. The molecular formula is C15H8BrClF2N2O2S. The summed E-state index contributed by atoms with van der Waals surface area (Å²) in [6.07, 6.45) is 1.54. The lowest BCUT2D eigenvalue weighted by Gasteiger charge is -2.06. The highest BCUT2D eigenvalue weighted by molar-refractivity contribution is 9.10. The first-order valence-electron chi connectivity index (χ1n) is 6.54. The van der Waals surface area contributed by atoms with E-state index in [1.54, 1.807) is 24.3 Å². The maximum atomic E-state index is 12.5. The van der Waals surface area contributed by atoms with Crippen LogP contribution in [0.1, 0.15) is 9.67 Å². The van der Waals surface area contributed by atoms with Gasteiger partial charge in [0.25, 0.3) is 5.91 Å². The van der Waals surface area contributed by atoms with Gasteiger partial charge in [0, 0.05) is 15.4 Å². The number of pyridine rings is 1. The van der Waals surface area contributed by atoms with Gasteiger partial charge in [-0.2, -0.15) is 8.78 Å². The van der Waals surface area contributed by atoms with Gasteiger partial charge >= 0.3 is 6.61 Å². The summed E-state index contributed by atoms with van der Waals surface area (Å²) in [6.45, 7) is -2.98. The van der Waals surface area contributed by atoms with Crippen molar-refractivity contribution in [3.05, 3.63) is 50.9 Å². The second kappa shape index (κ2) is 7.00. The van der Waals surface area contributed by atoms with Crippen molar-refractivity contribution in [2.24, 2.45) is 0 Å².